The Bertz CT molecular complexity index is 519. The summed E-state index contributed by atoms with van der Waals surface area (Å²) >= 11 is 0. The first-order valence-corrected chi connectivity index (χ1v) is 12.9. The standard InChI is InChI=1S/C21H40O6Si/c1-16-10-11-17(27-28(8,9)20(2,3)4)21(5,18(16)19(22)24-7)14-26-15-25-13-12-23-6/h17-18H,1,10-15H2,2-9H3/t17-,18+,21+/m0/s1. The van der Waals surface area contributed by atoms with Crippen LogP contribution in [0.25, 0.3) is 0 Å². The van der Waals surface area contributed by atoms with Crippen molar-refractivity contribution in [2.75, 3.05) is 40.8 Å². The molecule has 0 heterocycles. The van der Waals surface area contributed by atoms with E-state index in [1.54, 1.807) is 7.11 Å². The number of ether oxygens (including phenoxy) is 4. The van der Waals surface area contributed by atoms with Gasteiger partial charge < -0.3 is 23.4 Å². The van der Waals surface area contributed by atoms with E-state index >= 15 is 0 Å². The van der Waals surface area contributed by atoms with E-state index in [2.05, 4.69) is 40.4 Å². The van der Waals surface area contributed by atoms with Gasteiger partial charge in [-0.3, -0.25) is 4.79 Å². The van der Waals surface area contributed by atoms with Gasteiger partial charge in [0.25, 0.3) is 0 Å². The van der Waals surface area contributed by atoms with E-state index in [1.807, 2.05) is 6.92 Å². The van der Waals surface area contributed by atoms with Crippen molar-refractivity contribution in [3.63, 3.8) is 0 Å². The van der Waals surface area contributed by atoms with Crippen molar-refractivity contribution in [2.45, 2.75) is 64.8 Å². The van der Waals surface area contributed by atoms with Gasteiger partial charge in [0.15, 0.2) is 8.32 Å². The summed E-state index contributed by atoms with van der Waals surface area (Å²) in [6.45, 7) is 18.8. The van der Waals surface area contributed by atoms with Gasteiger partial charge >= 0.3 is 5.97 Å². The molecule has 0 saturated heterocycles. The fraction of sp³-hybridized carbons (Fsp3) is 0.857. The van der Waals surface area contributed by atoms with Crippen LogP contribution in [0.5, 0.6) is 0 Å². The Kier molecular flexibility index (Phi) is 9.35. The minimum Gasteiger partial charge on any atom is -0.469 e. The van der Waals surface area contributed by atoms with Crippen LogP contribution in [0.1, 0.15) is 40.5 Å². The van der Waals surface area contributed by atoms with Crippen molar-refractivity contribution >= 4 is 14.3 Å². The number of hydrogen-bond donors (Lipinski definition) is 0. The van der Waals surface area contributed by atoms with Crippen LogP contribution in [0.4, 0.5) is 0 Å². The van der Waals surface area contributed by atoms with Crippen LogP contribution in [0.15, 0.2) is 12.2 Å². The lowest BCUT2D eigenvalue weighted by Crippen LogP contribution is -2.56. The zero-order valence-electron chi connectivity index (χ0n) is 19.1. The van der Waals surface area contributed by atoms with Crippen molar-refractivity contribution in [1.82, 2.24) is 0 Å². The predicted octanol–water partition coefficient (Wildman–Crippen LogP) is 4.16. The SMILES string of the molecule is C=C1CC[C@H](O[Si](C)(C)C(C)(C)C)[C@@](C)(COCOCCOC)[C@H]1C(=O)OC. The summed E-state index contributed by atoms with van der Waals surface area (Å²) in [6, 6.07) is 0. The molecule has 0 aromatic carbocycles. The van der Waals surface area contributed by atoms with Crippen LogP contribution >= 0.6 is 0 Å². The molecule has 0 aliphatic heterocycles. The van der Waals surface area contributed by atoms with E-state index in [9.17, 15) is 4.79 Å². The third-order valence-corrected chi connectivity index (χ3v) is 10.7. The highest BCUT2D eigenvalue weighted by atomic mass is 28.4. The smallest absolute Gasteiger partial charge is 0.313 e. The van der Waals surface area contributed by atoms with Gasteiger partial charge in [-0.15, -0.1) is 0 Å². The average molecular weight is 417 g/mol. The van der Waals surface area contributed by atoms with Crippen molar-refractivity contribution in [1.29, 1.82) is 0 Å². The molecule has 0 unspecified atom stereocenters. The Morgan fingerprint density at radius 3 is 2.39 bits per heavy atom. The van der Waals surface area contributed by atoms with Gasteiger partial charge in [-0.05, 0) is 31.0 Å². The second-order valence-corrected chi connectivity index (χ2v) is 14.1. The quantitative estimate of drug-likeness (QED) is 0.175. The largest absolute Gasteiger partial charge is 0.469 e. The number of methoxy groups -OCH3 is 2. The Balaban J connectivity index is 3.03. The molecule has 1 aliphatic rings. The minimum atomic E-state index is -2.03. The first-order valence-electron chi connectivity index (χ1n) is 9.98. The molecule has 28 heavy (non-hydrogen) atoms. The van der Waals surface area contributed by atoms with Crippen molar-refractivity contribution in [2.24, 2.45) is 11.3 Å². The lowest BCUT2D eigenvalue weighted by atomic mass is 9.64. The highest BCUT2D eigenvalue weighted by molar-refractivity contribution is 6.74. The highest BCUT2D eigenvalue weighted by Gasteiger charge is 2.53. The molecule has 0 aromatic rings. The predicted molar refractivity (Wildman–Crippen MR) is 113 cm³/mol. The van der Waals surface area contributed by atoms with Crippen LogP contribution in [0.2, 0.25) is 18.1 Å². The maximum Gasteiger partial charge on any atom is 0.313 e. The third kappa shape index (κ3) is 6.13. The normalized spacial score (nSPS) is 26.4. The molecule has 3 atom stereocenters. The van der Waals surface area contributed by atoms with Gasteiger partial charge in [-0.25, -0.2) is 0 Å². The molecule has 1 aliphatic carbocycles. The van der Waals surface area contributed by atoms with Gasteiger partial charge in [0.1, 0.15) is 6.79 Å². The maximum atomic E-state index is 12.6. The number of hydrogen-bond acceptors (Lipinski definition) is 6. The summed E-state index contributed by atoms with van der Waals surface area (Å²) in [5.74, 6) is -0.736. The summed E-state index contributed by atoms with van der Waals surface area (Å²) in [5, 5.41) is 0.0766. The lowest BCUT2D eigenvalue weighted by Gasteiger charge is -2.50. The molecular weight excluding hydrogens is 376 g/mol. The first-order chi connectivity index (χ1) is 12.9. The molecule has 1 rings (SSSR count). The van der Waals surface area contributed by atoms with Crippen molar-refractivity contribution in [3.05, 3.63) is 12.2 Å². The van der Waals surface area contributed by atoms with Gasteiger partial charge in [-0.1, -0.05) is 39.8 Å². The Hall–Kier alpha value is -0.733. The molecule has 0 N–H and O–H groups in total. The van der Waals surface area contributed by atoms with E-state index < -0.39 is 19.7 Å². The number of rotatable bonds is 10. The molecule has 6 nitrogen and oxygen atoms in total. The van der Waals surface area contributed by atoms with Crippen LogP contribution < -0.4 is 0 Å². The van der Waals surface area contributed by atoms with E-state index in [4.69, 9.17) is 23.4 Å². The maximum absolute atomic E-state index is 12.6. The van der Waals surface area contributed by atoms with Gasteiger partial charge in [0, 0.05) is 12.5 Å². The fourth-order valence-electron chi connectivity index (χ4n) is 3.42. The first kappa shape index (κ1) is 25.3. The summed E-state index contributed by atoms with van der Waals surface area (Å²) < 4.78 is 28.1. The molecule has 0 aromatic heterocycles. The Morgan fingerprint density at radius 1 is 1.21 bits per heavy atom. The number of esters is 1. The number of carbonyl (C=O) groups excluding carboxylic acids is 1. The van der Waals surface area contributed by atoms with Gasteiger partial charge in [-0.2, -0.15) is 0 Å². The molecule has 0 radical (unpaired) electrons. The van der Waals surface area contributed by atoms with E-state index in [0.29, 0.717) is 19.8 Å². The third-order valence-electron chi connectivity index (χ3n) is 6.22. The Morgan fingerprint density at radius 2 is 1.86 bits per heavy atom. The fourth-order valence-corrected chi connectivity index (χ4v) is 4.87. The summed E-state index contributed by atoms with van der Waals surface area (Å²) in [6.07, 6.45) is 1.46. The minimum absolute atomic E-state index is 0.0766. The zero-order chi connectivity index (χ0) is 21.6. The molecule has 0 spiro atoms. The summed E-state index contributed by atoms with van der Waals surface area (Å²) in [5.41, 5.74) is 0.316. The zero-order valence-corrected chi connectivity index (χ0v) is 20.1. The van der Waals surface area contributed by atoms with Gasteiger partial charge in [0.05, 0.1) is 39.0 Å². The van der Waals surface area contributed by atoms with E-state index in [0.717, 1.165) is 18.4 Å². The van der Waals surface area contributed by atoms with Crippen LogP contribution in [0.3, 0.4) is 0 Å². The van der Waals surface area contributed by atoms with Crippen LogP contribution in [-0.2, 0) is 28.2 Å². The lowest BCUT2D eigenvalue weighted by molar-refractivity contribution is -0.163. The van der Waals surface area contributed by atoms with Gasteiger partial charge in [0.2, 0.25) is 0 Å². The second kappa shape index (κ2) is 10.3. The molecular formula is C21H40O6Si. The highest BCUT2D eigenvalue weighted by Crippen LogP contribution is 2.49. The van der Waals surface area contributed by atoms with Crippen LogP contribution in [0, 0.1) is 11.3 Å². The van der Waals surface area contributed by atoms with E-state index in [-0.39, 0.29) is 23.9 Å². The Labute approximate surface area is 172 Å². The molecule has 0 bridgehead atoms. The molecule has 164 valence electrons. The topological polar surface area (TPSA) is 63.2 Å². The molecule has 1 fully saturated rings. The van der Waals surface area contributed by atoms with E-state index in [1.165, 1.54) is 7.11 Å². The monoisotopic (exact) mass is 416 g/mol. The second-order valence-electron chi connectivity index (χ2n) is 9.39. The summed E-state index contributed by atoms with van der Waals surface area (Å²) in [4.78, 5) is 12.6. The number of carbonyl (C=O) groups is 1. The average Bonchev–Trinajstić information content (AvgIpc) is 2.59. The summed E-state index contributed by atoms with van der Waals surface area (Å²) in [7, 11) is 1.02. The van der Waals surface area contributed by atoms with Crippen molar-refractivity contribution in [3.8, 4) is 0 Å². The molecule has 7 heteroatoms. The van der Waals surface area contributed by atoms with Crippen LogP contribution in [-0.4, -0.2) is 61.2 Å². The molecule has 0 amide bonds. The van der Waals surface area contributed by atoms with Crippen molar-refractivity contribution < 1.29 is 28.2 Å². The molecule has 1 saturated carbocycles.